The molecule has 0 amide bonds. The van der Waals surface area contributed by atoms with Gasteiger partial charge in [0.1, 0.15) is 0 Å². The van der Waals surface area contributed by atoms with Crippen LogP contribution in [0.25, 0.3) is 12.8 Å². The number of hydrogen-bond donors (Lipinski definition) is 1. The van der Waals surface area contributed by atoms with Crippen LogP contribution in [0.15, 0.2) is 12.3 Å². The number of aryl methyl sites for hydroxylation is 1. The molecule has 0 aliphatic rings. The van der Waals surface area contributed by atoms with E-state index in [9.17, 15) is 0 Å². The van der Waals surface area contributed by atoms with Gasteiger partial charge in [0, 0.05) is 26.5 Å². The highest BCUT2D eigenvalue weighted by molar-refractivity contribution is 5.20. The molecule has 0 saturated carbocycles. The monoisotopic (exact) mass is 136 g/mol. The fourth-order valence-corrected chi connectivity index (χ4v) is 0.925. The highest BCUT2D eigenvalue weighted by Gasteiger charge is 1.85. The Morgan fingerprint density at radius 3 is 2.80 bits per heavy atom. The van der Waals surface area contributed by atoms with Crippen LogP contribution in [0.4, 0.5) is 0 Å². The molecule has 1 aromatic rings. The molecule has 10 heavy (non-hydrogen) atoms. The van der Waals surface area contributed by atoms with E-state index in [4.69, 9.17) is 0 Å². The predicted octanol–water partition coefficient (Wildman–Crippen LogP) is -0.607. The van der Waals surface area contributed by atoms with Crippen LogP contribution in [-0.4, -0.2) is 11.6 Å². The van der Waals surface area contributed by atoms with Gasteiger partial charge in [0.15, 0.2) is 0 Å². The van der Waals surface area contributed by atoms with Gasteiger partial charge < -0.3 is 9.88 Å². The third kappa shape index (κ3) is 1.05. The van der Waals surface area contributed by atoms with Crippen LogP contribution < -0.4 is 15.9 Å². The Morgan fingerprint density at radius 2 is 2.40 bits per heavy atom. The molecule has 54 valence electrons. The van der Waals surface area contributed by atoms with Crippen molar-refractivity contribution in [3.05, 3.63) is 22.8 Å². The maximum absolute atomic E-state index is 3.87. The van der Waals surface area contributed by atoms with Crippen molar-refractivity contribution in [2.45, 2.75) is 0 Å². The van der Waals surface area contributed by atoms with Crippen molar-refractivity contribution >= 4 is 12.8 Å². The molecule has 0 unspecified atom stereocenters. The van der Waals surface area contributed by atoms with Crippen LogP contribution in [0.5, 0.6) is 0 Å². The van der Waals surface area contributed by atoms with Gasteiger partial charge in [-0.15, -0.1) is 0 Å². The number of nitrogens with one attached hydrogen (secondary N) is 1. The summed E-state index contributed by atoms with van der Waals surface area (Å²) < 4.78 is 2.03. The van der Waals surface area contributed by atoms with E-state index in [0.29, 0.717) is 0 Å². The van der Waals surface area contributed by atoms with Gasteiger partial charge in [-0.3, -0.25) is 0 Å². The molecule has 1 rings (SSSR count). The fraction of sp³-hybridized carbons (Fsp3) is 0.250. The molecule has 2 heteroatoms. The summed E-state index contributed by atoms with van der Waals surface area (Å²) in [5.74, 6) is 0. The molecule has 0 saturated heterocycles. The predicted molar refractivity (Wildman–Crippen MR) is 43.7 cm³/mol. The lowest BCUT2D eigenvalue weighted by Crippen LogP contribution is -2.28. The van der Waals surface area contributed by atoms with Crippen LogP contribution in [0, 0.1) is 0 Å². The average Bonchev–Trinajstić information content (AvgIpc) is 2.20. The maximum atomic E-state index is 3.87. The van der Waals surface area contributed by atoms with E-state index in [-0.39, 0.29) is 0 Å². The molecular formula is C8H12N2. The summed E-state index contributed by atoms with van der Waals surface area (Å²) in [6, 6.07) is 1.99. The van der Waals surface area contributed by atoms with Crippen molar-refractivity contribution in [1.29, 1.82) is 0 Å². The second-order valence-electron chi connectivity index (χ2n) is 2.27. The Kier molecular flexibility index (Phi) is 1.81. The number of hydrogen-bond acceptors (Lipinski definition) is 1. The molecule has 1 aromatic heterocycles. The second-order valence-corrected chi connectivity index (χ2v) is 2.27. The zero-order chi connectivity index (χ0) is 7.56. The van der Waals surface area contributed by atoms with Gasteiger partial charge in [-0.25, -0.2) is 0 Å². The van der Waals surface area contributed by atoms with Gasteiger partial charge >= 0.3 is 0 Å². The molecule has 0 fully saturated rings. The smallest absolute Gasteiger partial charge is 0.0631 e. The topological polar surface area (TPSA) is 17.0 Å². The summed E-state index contributed by atoms with van der Waals surface area (Å²) in [5.41, 5.74) is 0. The Balaban J connectivity index is 3.37. The first-order valence-electron chi connectivity index (χ1n) is 3.23. The number of rotatable bonds is 1. The Hall–Kier alpha value is -1.18. The molecule has 1 N–H and O–H groups in total. The van der Waals surface area contributed by atoms with Crippen molar-refractivity contribution in [1.82, 2.24) is 9.88 Å². The molecule has 0 atom stereocenters. The van der Waals surface area contributed by atoms with Crippen molar-refractivity contribution in [2.75, 3.05) is 7.05 Å². The molecule has 2 nitrogen and oxygen atoms in total. The van der Waals surface area contributed by atoms with E-state index in [0.717, 1.165) is 10.6 Å². The highest BCUT2D eigenvalue weighted by Crippen LogP contribution is 1.66. The number of aromatic nitrogens is 1. The van der Waals surface area contributed by atoms with Crippen LogP contribution in [0.2, 0.25) is 0 Å². The normalized spacial score (nSPS) is 12.0. The lowest BCUT2D eigenvalue weighted by Gasteiger charge is -1.90. The van der Waals surface area contributed by atoms with E-state index >= 15 is 0 Å². The number of nitrogens with zero attached hydrogens (tertiary/aromatic N) is 1. The largest absolute Gasteiger partial charge is 0.392 e. The van der Waals surface area contributed by atoms with Gasteiger partial charge in [-0.1, -0.05) is 6.58 Å². The van der Waals surface area contributed by atoms with E-state index < -0.39 is 0 Å². The summed E-state index contributed by atoms with van der Waals surface area (Å²) in [4.78, 5) is 0. The summed E-state index contributed by atoms with van der Waals surface area (Å²) in [6.45, 7) is 3.87. The van der Waals surface area contributed by atoms with E-state index in [1.54, 1.807) is 0 Å². The zero-order valence-corrected chi connectivity index (χ0v) is 6.39. The summed E-state index contributed by atoms with van der Waals surface area (Å²) in [7, 11) is 3.88. The zero-order valence-electron chi connectivity index (χ0n) is 6.39. The van der Waals surface area contributed by atoms with Crippen LogP contribution in [-0.2, 0) is 7.05 Å². The Labute approximate surface area is 60.5 Å². The minimum atomic E-state index is 1.05. The van der Waals surface area contributed by atoms with Gasteiger partial charge in [0.05, 0.1) is 5.35 Å². The first-order chi connectivity index (χ1) is 4.75. The van der Waals surface area contributed by atoms with Gasteiger partial charge in [-0.05, 0) is 11.3 Å². The van der Waals surface area contributed by atoms with Crippen LogP contribution in [0.3, 0.4) is 0 Å². The van der Waals surface area contributed by atoms with Crippen molar-refractivity contribution in [2.24, 2.45) is 7.05 Å². The quantitative estimate of drug-likeness (QED) is 0.545. The SMILES string of the molecule is C=c1ccn(C)/c1=C/NC. The van der Waals surface area contributed by atoms with Crippen LogP contribution in [0.1, 0.15) is 0 Å². The first-order valence-corrected chi connectivity index (χ1v) is 3.23. The van der Waals surface area contributed by atoms with Gasteiger partial charge in [-0.2, -0.15) is 0 Å². The molecule has 0 spiro atoms. The Morgan fingerprint density at radius 1 is 1.70 bits per heavy atom. The summed E-state index contributed by atoms with van der Waals surface area (Å²) >= 11 is 0. The second kappa shape index (κ2) is 2.60. The van der Waals surface area contributed by atoms with Gasteiger partial charge in [0.25, 0.3) is 0 Å². The third-order valence-corrected chi connectivity index (χ3v) is 1.49. The Bertz CT molecular complexity index is 308. The minimum Gasteiger partial charge on any atom is -0.392 e. The molecule has 0 aliphatic carbocycles. The molecule has 1 heterocycles. The van der Waals surface area contributed by atoms with E-state index in [1.165, 1.54) is 0 Å². The summed E-state index contributed by atoms with van der Waals surface area (Å²) in [6.07, 6.45) is 3.92. The van der Waals surface area contributed by atoms with Crippen molar-refractivity contribution < 1.29 is 0 Å². The summed E-state index contributed by atoms with van der Waals surface area (Å²) in [5, 5.41) is 5.15. The lowest BCUT2D eigenvalue weighted by atomic mass is 10.5. The average molecular weight is 136 g/mol. The van der Waals surface area contributed by atoms with Crippen molar-refractivity contribution in [3.63, 3.8) is 0 Å². The van der Waals surface area contributed by atoms with Gasteiger partial charge in [0.2, 0.25) is 0 Å². The third-order valence-electron chi connectivity index (χ3n) is 1.49. The lowest BCUT2D eigenvalue weighted by molar-refractivity contribution is 0.881. The molecule has 0 bridgehead atoms. The fourth-order valence-electron chi connectivity index (χ4n) is 0.925. The molecule has 0 aromatic carbocycles. The van der Waals surface area contributed by atoms with Crippen molar-refractivity contribution in [3.8, 4) is 0 Å². The highest BCUT2D eigenvalue weighted by atomic mass is 14.9. The van der Waals surface area contributed by atoms with Crippen LogP contribution >= 0.6 is 0 Å². The standard InChI is InChI=1S/C8H12N2/c1-7-4-5-10(3)8(7)6-9-2/h4-6,9H,1H2,2-3H3/b8-6+. The minimum absolute atomic E-state index is 1.05. The molecular weight excluding hydrogens is 124 g/mol. The maximum Gasteiger partial charge on any atom is 0.0631 e. The molecule has 0 aliphatic heterocycles. The first kappa shape index (κ1) is 6.93. The van der Waals surface area contributed by atoms with E-state index in [1.807, 2.05) is 37.1 Å². The van der Waals surface area contributed by atoms with E-state index in [2.05, 4.69) is 11.9 Å². The molecule has 0 radical (unpaired) electrons.